The highest BCUT2D eigenvalue weighted by Crippen LogP contribution is 1.84. The van der Waals surface area contributed by atoms with Crippen molar-refractivity contribution in [2.45, 2.75) is 12.8 Å². The summed E-state index contributed by atoms with van der Waals surface area (Å²) in [5.41, 5.74) is 7.49. The number of carbonyl (C=O) groups is 1. The van der Waals surface area contributed by atoms with E-state index in [9.17, 15) is 4.79 Å². The largest absolute Gasteiger partial charge is 0.382 e. The smallest absolute Gasteiger partial charge is 0.243 e. The SMILES string of the molecule is COCCONC(=O)CCCN. The highest BCUT2D eigenvalue weighted by molar-refractivity contribution is 5.74. The molecule has 0 aliphatic rings. The number of nitrogens with one attached hydrogen (secondary N) is 1. The molecule has 3 N–H and O–H groups in total. The molecule has 0 heterocycles. The number of hydrogen-bond donors (Lipinski definition) is 2. The maximum absolute atomic E-state index is 10.8. The quantitative estimate of drug-likeness (QED) is 0.402. The molecule has 0 fully saturated rings. The van der Waals surface area contributed by atoms with E-state index in [0.29, 0.717) is 32.6 Å². The number of hydrogen-bond acceptors (Lipinski definition) is 4. The van der Waals surface area contributed by atoms with Crippen molar-refractivity contribution >= 4 is 5.91 Å². The van der Waals surface area contributed by atoms with Gasteiger partial charge in [-0.15, -0.1) is 0 Å². The molecule has 0 unspecified atom stereocenters. The van der Waals surface area contributed by atoms with Gasteiger partial charge in [0.1, 0.15) is 0 Å². The van der Waals surface area contributed by atoms with Gasteiger partial charge in [-0.3, -0.25) is 9.63 Å². The molecule has 0 aromatic rings. The average molecular weight is 176 g/mol. The molecule has 0 aliphatic carbocycles. The third kappa shape index (κ3) is 7.46. The van der Waals surface area contributed by atoms with Crippen LogP contribution in [0.2, 0.25) is 0 Å². The molecule has 0 aliphatic heterocycles. The van der Waals surface area contributed by atoms with Gasteiger partial charge in [0.2, 0.25) is 5.91 Å². The summed E-state index contributed by atoms with van der Waals surface area (Å²) in [4.78, 5) is 15.6. The van der Waals surface area contributed by atoms with Crippen molar-refractivity contribution in [3.63, 3.8) is 0 Å². The van der Waals surface area contributed by atoms with Crippen LogP contribution in [0.3, 0.4) is 0 Å². The van der Waals surface area contributed by atoms with E-state index in [0.717, 1.165) is 0 Å². The van der Waals surface area contributed by atoms with Crippen molar-refractivity contribution in [3.8, 4) is 0 Å². The van der Waals surface area contributed by atoms with E-state index in [2.05, 4.69) is 5.48 Å². The van der Waals surface area contributed by atoms with Gasteiger partial charge in [0.15, 0.2) is 0 Å². The zero-order valence-corrected chi connectivity index (χ0v) is 7.34. The van der Waals surface area contributed by atoms with Crippen LogP contribution >= 0.6 is 0 Å². The predicted octanol–water partition coefficient (Wildman–Crippen LogP) is -0.580. The van der Waals surface area contributed by atoms with Crippen molar-refractivity contribution in [2.24, 2.45) is 5.73 Å². The van der Waals surface area contributed by atoms with E-state index < -0.39 is 0 Å². The highest BCUT2D eigenvalue weighted by Gasteiger charge is 1.98. The predicted molar refractivity (Wildman–Crippen MR) is 44.3 cm³/mol. The van der Waals surface area contributed by atoms with E-state index in [-0.39, 0.29) is 5.91 Å². The highest BCUT2D eigenvalue weighted by atomic mass is 16.7. The molecule has 0 radical (unpaired) electrons. The summed E-state index contributed by atoms with van der Waals surface area (Å²) in [6, 6.07) is 0. The topological polar surface area (TPSA) is 73.6 Å². The van der Waals surface area contributed by atoms with E-state index in [4.69, 9.17) is 15.3 Å². The van der Waals surface area contributed by atoms with Crippen LogP contribution in [0.5, 0.6) is 0 Å². The Morgan fingerprint density at radius 3 is 2.83 bits per heavy atom. The summed E-state index contributed by atoms with van der Waals surface area (Å²) in [6.45, 7) is 1.35. The van der Waals surface area contributed by atoms with Crippen LogP contribution in [0.15, 0.2) is 0 Å². The molecule has 0 spiro atoms. The van der Waals surface area contributed by atoms with E-state index in [1.807, 2.05) is 0 Å². The Labute approximate surface area is 72.2 Å². The fourth-order valence-corrected chi connectivity index (χ4v) is 0.570. The second kappa shape index (κ2) is 8.45. The zero-order valence-electron chi connectivity index (χ0n) is 7.34. The number of nitrogens with two attached hydrogens (primary N) is 1. The summed E-state index contributed by atoms with van der Waals surface area (Å²) < 4.78 is 4.71. The van der Waals surface area contributed by atoms with Crippen molar-refractivity contribution in [2.75, 3.05) is 26.9 Å². The summed E-state index contributed by atoms with van der Waals surface area (Å²) in [5, 5.41) is 0. The minimum Gasteiger partial charge on any atom is -0.382 e. The molecule has 0 aromatic carbocycles. The lowest BCUT2D eigenvalue weighted by Gasteiger charge is -2.03. The summed E-state index contributed by atoms with van der Waals surface area (Å²) >= 11 is 0. The molecule has 5 heteroatoms. The average Bonchev–Trinajstić information content (AvgIpc) is 2.09. The lowest BCUT2D eigenvalue weighted by molar-refractivity contribution is -0.134. The van der Waals surface area contributed by atoms with Crippen LogP contribution in [0.25, 0.3) is 0 Å². The normalized spacial score (nSPS) is 9.83. The monoisotopic (exact) mass is 176 g/mol. The minimum atomic E-state index is -0.142. The molecule has 0 saturated heterocycles. The summed E-state index contributed by atoms with van der Waals surface area (Å²) in [6.07, 6.45) is 1.09. The Hall–Kier alpha value is -0.650. The molecular weight excluding hydrogens is 160 g/mol. The van der Waals surface area contributed by atoms with Gasteiger partial charge in [-0.25, -0.2) is 5.48 Å². The van der Waals surface area contributed by atoms with E-state index in [1.165, 1.54) is 0 Å². The molecular formula is C7H16N2O3. The Balaban J connectivity index is 3.08. The first-order valence-corrected chi connectivity index (χ1v) is 3.91. The third-order valence-corrected chi connectivity index (χ3v) is 1.18. The summed E-state index contributed by atoms with van der Waals surface area (Å²) in [5.74, 6) is -0.142. The Morgan fingerprint density at radius 1 is 1.50 bits per heavy atom. The molecule has 0 rings (SSSR count). The standard InChI is InChI=1S/C7H16N2O3/c1-11-5-6-12-9-7(10)3-2-4-8/h2-6,8H2,1H3,(H,9,10). The second-order valence-electron chi connectivity index (χ2n) is 2.26. The van der Waals surface area contributed by atoms with Crippen LogP contribution in [0, 0.1) is 0 Å². The molecule has 12 heavy (non-hydrogen) atoms. The Morgan fingerprint density at radius 2 is 2.25 bits per heavy atom. The van der Waals surface area contributed by atoms with Crippen LogP contribution in [-0.4, -0.2) is 32.8 Å². The van der Waals surface area contributed by atoms with Gasteiger partial charge in [0.25, 0.3) is 0 Å². The minimum absolute atomic E-state index is 0.142. The maximum atomic E-state index is 10.8. The van der Waals surface area contributed by atoms with Crippen molar-refractivity contribution in [1.29, 1.82) is 0 Å². The second-order valence-corrected chi connectivity index (χ2v) is 2.26. The van der Waals surface area contributed by atoms with Gasteiger partial charge >= 0.3 is 0 Å². The van der Waals surface area contributed by atoms with Gasteiger partial charge in [-0.1, -0.05) is 0 Å². The number of hydroxylamine groups is 1. The molecule has 5 nitrogen and oxygen atoms in total. The van der Waals surface area contributed by atoms with Gasteiger partial charge in [0, 0.05) is 13.5 Å². The third-order valence-electron chi connectivity index (χ3n) is 1.18. The first-order chi connectivity index (χ1) is 5.81. The number of rotatable bonds is 7. The van der Waals surface area contributed by atoms with Crippen molar-refractivity contribution < 1.29 is 14.4 Å². The Kier molecular flexibility index (Phi) is 7.99. The van der Waals surface area contributed by atoms with Gasteiger partial charge in [-0.05, 0) is 13.0 Å². The van der Waals surface area contributed by atoms with Gasteiger partial charge in [0.05, 0.1) is 13.2 Å². The maximum Gasteiger partial charge on any atom is 0.243 e. The fraction of sp³-hybridized carbons (Fsp3) is 0.857. The number of methoxy groups -OCH3 is 1. The first kappa shape index (κ1) is 11.4. The van der Waals surface area contributed by atoms with Crippen LogP contribution in [0.1, 0.15) is 12.8 Å². The molecule has 72 valence electrons. The molecule has 0 aromatic heterocycles. The van der Waals surface area contributed by atoms with E-state index >= 15 is 0 Å². The molecule has 0 saturated carbocycles. The van der Waals surface area contributed by atoms with Crippen molar-refractivity contribution in [1.82, 2.24) is 5.48 Å². The molecule has 0 atom stereocenters. The number of carbonyl (C=O) groups excluding carboxylic acids is 1. The number of ether oxygens (including phenoxy) is 1. The number of amides is 1. The Bertz CT molecular complexity index is 119. The summed E-state index contributed by atoms with van der Waals surface area (Å²) in [7, 11) is 1.57. The molecule has 0 bridgehead atoms. The molecule has 1 amide bonds. The van der Waals surface area contributed by atoms with Crippen LogP contribution < -0.4 is 11.2 Å². The lowest BCUT2D eigenvalue weighted by atomic mass is 10.3. The lowest BCUT2D eigenvalue weighted by Crippen LogP contribution is -2.25. The van der Waals surface area contributed by atoms with Crippen LogP contribution in [0.4, 0.5) is 0 Å². The fourth-order valence-electron chi connectivity index (χ4n) is 0.570. The zero-order chi connectivity index (χ0) is 9.23. The van der Waals surface area contributed by atoms with Crippen LogP contribution in [-0.2, 0) is 14.4 Å². The van der Waals surface area contributed by atoms with Gasteiger partial charge in [-0.2, -0.15) is 0 Å². The van der Waals surface area contributed by atoms with E-state index in [1.54, 1.807) is 7.11 Å². The first-order valence-electron chi connectivity index (χ1n) is 3.91. The van der Waals surface area contributed by atoms with Gasteiger partial charge < -0.3 is 10.5 Å². The van der Waals surface area contributed by atoms with Crippen molar-refractivity contribution in [3.05, 3.63) is 0 Å².